The lowest BCUT2D eigenvalue weighted by molar-refractivity contribution is 0.444. The third-order valence-corrected chi connectivity index (χ3v) is 3.59. The van der Waals surface area contributed by atoms with E-state index in [2.05, 4.69) is 5.92 Å². The van der Waals surface area contributed by atoms with E-state index in [1.807, 2.05) is 0 Å². The highest BCUT2D eigenvalue weighted by Gasteiger charge is 2.12. The Hall–Kier alpha value is -3.98. The number of phenolic OH excluding ortho intramolecular Hbond substituents is 2. The fourth-order valence-electron chi connectivity index (χ4n) is 2.25. The molecule has 0 saturated heterocycles. The smallest absolute Gasteiger partial charge is 0.146 e. The molecule has 0 aliphatic heterocycles. The van der Waals surface area contributed by atoms with Gasteiger partial charge >= 0.3 is 0 Å². The molecule has 6 N–H and O–H groups in total. The maximum absolute atomic E-state index is 9.70. The molecule has 0 unspecified atom stereocenters. The van der Waals surface area contributed by atoms with Gasteiger partial charge in [-0.05, 0) is 36.4 Å². The van der Waals surface area contributed by atoms with E-state index in [1.54, 1.807) is 30.3 Å². The fourth-order valence-corrected chi connectivity index (χ4v) is 2.25. The van der Waals surface area contributed by atoms with Crippen molar-refractivity contribution >= 4 is 11.4 Å². The second-order valence-electron chi connectivity index (χ2n) is 5.42. The highest BCUT2D eigenvalue weighted by molar-refractivity contribution is 5.60. The average molecular weight is 348 g/mol. The van der Waals surface area contributed by atoms with E-state index in [4.69, 9.17) is 27.4 Å². The number of anilines is 2. The molecular formula is C20H16N2O4. The Labute approximate surface area is 150 Å². The third-order valence-electron chi connectivity index (χ3n) is 3.59. The molecule has 0 radical (unpaired) electrons. The number of ether oxygens (including phenoxy) is 2. The minimum Gasteiger partial charge on any atom is -0.506 e. The largest absolute Gasteiger partial charge is 0.506 e. The Morgan fingerprint density at radius 1 is 0.769 bits per heavy atom. The molecule has 0 heterocycles. The molecule has 6 nitrogen and oxygen atoms in total. The molecule has 0 atom stereocenters. The van der Waals surface area contributed by atoms with E-state index in [9.17, 15) is 10.2 Å². The molecule has 0 aliphatic carbocycles. The van der Waals surface area contributed by atoms with Crippen molar-refractivity contribution in [2.24, 2.45) is 0 Å². The minimum absolute atomic E-state index is 0.0884. The second kappa shape index (κ2) is 6.87. The van der Waals surface area contributed by atoms with Crippen LogP contribution in [0.2, 0.25) is 0 Å². The van der Waals surface area contributed by atoms with E-state index >= 15 is 0 Å². The van der Waals surface area contributed by atoms with Crippen molar-refractivity contribution in [2.45, 2.75) is 0 Å². The summed E-state index contributed by atoms with van der Waals surface area (Å²) < 4.78 is 11.5. The van der Waals surface area contributed by atoms with Gasteiger partial charge in [-0.3, -0.25) is 0 Å². The van der Waals surface area contributed by atoms with Gasteiger partial charge in [0.05, 0.1) is 11.4 Å². The van der Waals surface area contributed by atoms with Crippen LogP contribution in [-0.4, -0.2) is 10.2 Å². The van der Waals surface area contributed by atoms with Crippen molar-refractivity contribution in [1.29, 1.82) is 0 Å². The van der Waals surface area contributed by atoms with Crippen LogP contribution in [0, 0.1) is 12.3 Å². The van der Waals surface area contributed by atoms with Crippen LogP contribution < -0.4 is 20.9 Å². The summed E-state index contributed by atoms with van der Waals surface area (Å²) in [6, 6.07) is 14.1. The van der Waals surface area contributed by atoms with Crippen molar-refractivity contribution in [2.75, 3.05) is 11.5 Å². The van der Waals surface area contributed by atoms with Crippen molar-refractivity contribution < 1.29 is 19.7 Å². The molecule has 0 bridgehead atoms. The Balaban J connectivity index is 1.93. The van der Waals surface area contributed by atoms with Crippen molar-refractivity contribution in [3.63, 3.8) is 0 Å². The number of hydrogen-bond acceptors (Lipinski definition) is 6. The molecule has 0 aromatic heterocycles. The Morgan fingerprint density at radius 3 is 1.62 bits per heavy atom. The highest BCUT2D eigenvalue weighted by atomic mass is 16.5. The van der Waals surface area contributed by atoms with E-state index in [1.165, 1.54) is 24.3 Å². The van der Waals surface area contributed by atoms with Gasteiger partial charge in [0.1, 0.15) is 40.1 Å². The van der Waals surface area contributed by atoms with Crippen LogP contribution in [0.15, 0.2) is 54.6 Å². The lowest BCUT2D eigenvalue weighted by Gasteiger charge is -2.13. The van der Waals surface area contributed by atoms with Gasteiger partial charge in [0, 0.05) is 12.1 Å². The molecular weight excluding hydrogens is 332 g/mol. The molecule has 0 amide bonds. The van der Waals surface area contributed by atoms with Gasteiger partial charge in [0.2, 0.25) is 0 Å². The van der Waals surface area contributed by atoms with Crippen LogP contribution in [0.5, 0.6) is 34.5 Å². The lowest BCUT2D eigenvalue weighted by Crippen LogP contribution is -1.94. The molecule has 0 fully saturated rings. The summed E-state index contributed by atoms with van der Waals surface area (Å²) >= 11 is 0. The van der Waals surface area contributed by atoms with E-state index in [-0.39, 0.29) is 22.9 Å². The first-order valence-corrected chi connectivity index (χ1v) is 7.60. The van der Waals surface area contributed by atoms with Crippen LogP contribution in [-0.2, 0) is 0 Å². The SMILES string of the molecule is C#Cc1c(Oc2ccc(N)c(O)c2)cccc1Oc1ccc(N)c(O)c1. The monoisotopic (exact) mass is 348 g/mol. The summed E-state index contributed by atoms with van der Waals surface area (Å²) in [7, 11) is 0. The Bertz CT molecular complexity index is 937. The van der Waals surface area contributed by atoms with Crippen LogP contribution in [0.25, 0.3) is 0 Å². The first-order valence-electron chi connectivity index (χ1n) is 7.60. The van der Waals surface area contributed by atoms with Crippen molar-refractivity contribution in [3.8, 4) is 46.8 Å². The van der Waals surface area contributed by atoms with Crippen molar-refractivity contribution in [1.82, 2.24) is 0 Å². The normalized spacial score (nSPS) is 10.1. The molecule has 6 heteroatoms. The number of rotatable bonds is 4. The number of phenols is 2. The van der Waals surface area contributed by atoms with Crippen LogP contribution in [0.3, 0.4) is 0 Å². The number of hydrogen-bond donors (Lipinski definition) is 4. The number of terminal acetylenes is 1. The van der Waals surface area contributed by atoms with Crippen LogP contribution in [0.4, 0.5) is 11.4 Å². The summed E-state index contributed by atoms with van der Waals surface area (Å²) in [5.41, 5.74) is 12.0. The zero-order valence-corrected chi connectivity index (χ0v) is 13.6. The number of nitrogen functional groups attached to an aromatic ring is 2. The zero-order valence-electron chi connectivity index (χ0n) is 13.6. The van der Waals surface area contributed by atoms with E-state index in [0.717, 1.165) is 0 Å². The molecule has 0 spiro atoms. The first kappa shape index (κ1) is 16.9. The predicted molar refractivity (Wildman–Crippen MR) is 99.6 cm³/mol. The van der Waals surface area contributed by atoms with Gasteiger partial charge in [-0.15, -0.1) is 6.42 Å². The summed E-state index contributed by atoms with van der Waals surface area (Å²) in [5, 5.41) is 19.4. The topological polar surface area (TPSA) is 111 Å². The summed E-state index contributed by atoms with van der Waals surface area (Å²) in [5.74, 6) is 3.84. The highest BCUT2D eigenvalue weighted by Crippen LogP contribution is 2.36. The van der Waals surface area contributed by atoms with Crippen molar-refractivity contribution in [3.05, 3.63) is 60.2 Å². The number of benzene rings is 3. The van der Waals surface area contributed by atoms with Gasteiger partial charge in [0.25, 0.3) is 0 Å². The quantitative estimate of drug-likeness (QED) is 0.324. The standard InChI is InChI=1S/C20H16N2O4/c1-2-14-19(25-12-6-8-15(21)17(23)10-12)4-3-5-20(14)26-13-7-9-16(22)18(24)11-13/h1,3-11,23-24H,21-22H2. The van der Waals surface area contributed by atoms with Crippen LogP contribution in [0.1, 0.15) is 5.56 Å². The maximum atomic E-state index is 9.70. The Kier molecular flexibility index (Phi) is 4.46. The minimum atomic E-state index is -0.0884. The lowest BCUT2D eigenvalue weighted by atomic mass is 10.2. The van der Waals surface area contributed by atoms with Gasteiger partial charge in [-0.2, -0.15) is 0 Å². The predicted octanol–water partition coefficient (Wildman–Crippen LogP) is 3.83. The molecule has 3 aromatic carbocycles. The van der Waals surface area contributed by atoms with E-state index in [0.29, 0.717) is 28.6 Å². The van der Waals surface area contributed by atoms with Crippen LogP contribution >= 0.6 is 0 Å². The molecule has 3 rings (SSSR count). The second-order valence-corrected chi connectivity index (χ2v) is 5.42. The maximum Gasteiger partial charge on any atom is 0.146 e. The molecule has 0 aliphatic rings. The molecule has 130 valence electrons. The molecule has 3 aromatic rings. The van der Waals surface area contributed by atoms with Gasteiger partial charge in [-0.25, -0.2) is 0 Å². The first-order chi connectivity index (χ1) is 12.5. The van der Waals surface area contributed by atoms with Gasteiger partial charge in [0.15, 0.2) is 0 Å². The van der Waals surface area contributed by atoms with E-state index < -0.39 is 0 Å². The number of aromatic hydroxyl groups is 2. The average Bonchev–Trinajstić information content (AvgIpc) is 2.62. The number of nitrogens with two attached hydrogens (primary N) is 2. The fraction of sp³-hybridized carbons (Fsp3) is 0. The summed E-state index contributed by atoms with van der Waals surface area (Å²) in [4.78, 5) is 0. The summed E-state index contributed by atoms with van der Waals surface area (Å²) in [6.07, 6.45) is 5.62. The Morgan fingerprint density at radius 2 is 1.23 bits per heavy atom. The van der Waals surface area contributed by atoms with Gasteiger partial charge < -0.3 is 31.2 Å². The summed E-state index contributed by atoms with van der Waals surface area (Å²) in [6.45, 7) is 0. The third kappa shape index (κ3) is 3.42. The van der Waals surface area contributed by atoms with Gasteiger partial charge in [-0.1, -0.05) is 12.0 Å². The molecule has 26 heavy (non-hydrogen) atoms. The zero-order chi connectivity index (χ0) is 18.7. The molecule has 0 saturated carbocycles.